The van der Waals surface area contributed by atoms with Gasteiger partial charge in [-0.05, 0) is 56.1 Å². The van der Waals surface area contributed by atoms with Gasteiger partial charge in [0.1, 0.15) is 12.1 Å². The molecule has 2 heterocycles. The van der Waals surface area contributed by atoms with Gasteiger partial charge in [-0.3, -0.25) is 29.4 Å². The Hall–Kier alpha value is -3.50. The number of fused-ring (bicyclic) bond motifs is 1. The van der Waals surface area contributed by atoms with E-state index in [1.54, 1.807) is 0 Å². The molecule has 1 saturated carbocycles. The van der Waals surface area contributed by atoms with Crippen LogP contribution in [-0.4, -0.2) is 58.9 Å². The maximum Gasteiger partial charge on any atom is 0.326 e. The lowest BCUT2D eigenvalue weighted by molar-refractivity contribution is -0.384. The number of non-ortho nitro benzene ring substituents is 1. The number of imide groups is 1. The molecule has 33 heavy (non-hydrogen) atoms. The molecule has 2 fully saturated rings. The van der Waals surface area contributed by atoms with Crippen LogP contribution in [0.25, 0.3) is 0 Å². The molecule has 4 rings (SSSR count). The molecule has 176 valence electrons. The molecule has 2 aliphatic heterocycles. The molecular formula is C22H26N4O7. The Morgan fingerprint density at radius 1 is 1.27 bits per heavy atom. The van der Waals surface area contributed by atoms with E-state index >= 15 is 0 Å². The summed E-state index contributed by atoms with van der Waals surface area (Å²) in [4.78, 5) is 63.0. The molecule has 11 heteroatoms. The van der Waals surface area contributed by atoms with Gasteiger partial charge >= 0.3 is 12.0 Å². The molecule has 1 spiro atoms. The number of hydrogen-bond donors (Lipinski definition) is 1. The summed E-state index contributed by atoms with van der Waals surface area (Å²) in [5.74, 6) is -1.27. The van der Waals surface area contributed by atoms with Crippen molar-refractivity contribution in [2.75, 3.05) is 24.6 Å². The van der Waals surface area contributed by atoms with E-state index < -0.39 is 47.4 Å². The zero-order valence-corrected chi connectivity index (χ0v) is 18.4. The Kier molecular flexibility index (Phi) is 6.05. The van der Waals surface area contributed by atoms with Crippen LogP contribution in [0.15, 0.2) is 18.2 Å². The highest BCUT2D eigenvalue weighted by atomic mass is 16.6. The predicted octanol–water partition coefficient (Wildman–Crippen LogP) is 1.92. The lowest BCUT2D eigenvalue weighted by Gasteiger charge is -2.33. The number of nitrogens with one attached hydrogen (secondary N) is 1. The van der Waals surface area contributed by atoms with E-state index in [9.17, 15) is 29.3 Å². The number of hydrogen-bond acceptors (Lipinski definition) is 7. The van der Waals surface area contributed by atoms with Gasteiger partial charge in [-0.2, -0.15) is 0 Å². The predicted molar refractivity (Wildman–Crippen MR) is 115 cm³/mol. The molecule has 0 unspecified atom stereocenters. The first-order valence-electron chi connectivity index (χ1n) is 11.1. The number of anilines is 1. The first-order valence-corrected chi connectivity index (χ1v) is 11.1. The standard InChI is InChI=1S/C22H26N4O7/c1-14-6-8-22(9-7-14)20(29)25(21(30)23-22)12-19(28)33-13-18(27)24-10-2-3-15-11-16(26(31)32)4-5-17(15)24/h4-5,11,14H,2-3,6-10,12-13H2,1H3,(H,23,30). The molecule has 3 aliphatic rings. The zero-order chi connectivity index (χ0) is 23.8. The number of ether oxygens (including phenoxy) is 1. The third-order valence-electron chi connectivity index (χ3n) is 6.71. The van der Waals surface area contributed by atoms with Gasteiger partial charge < -0.3 is 15.0 Å². The zero-order valence-electron chi connectivity index (χ0n) is 18.4. The Morgan fingerprint density at radius 2 is 2.00 bits per heavy atom. The highest BCUT2D eigenvalue weighted by Gasteiger charge is 2.52. The molecule has 1 aromatic rings. The molecule has 11 nitrogen and oxygen atoms in total. The number of nitro groups is 1. The van der Waals surface area contributed by atoms with Gasteiger partial charge in [-0.15, -0.1) is 0 Å². The van der Waals surface area contributed by atoms with Crippen molar-refractivity contribution in [1.29, 1.82) is 0 Å². The van der Waals surface area contributed by atoms with Crippen molar-refractivity contribution >= 4 is 35.2 Å². The molecular weight excluding hydrogens is 432 g/mol. The molecule has 0 bridgehead atoms. The largest absolute Gasteiger partial charge is 0.454 e. The summed E-state index contributed by atoms with van der Waals surface area (Å²) < 4.78 is 5.07. The van der Waals surface area contributed by atoms with Crippen molar-refractivity contribution < 1.29 is 28.8 Å². The van der Waals surface area contributed by atoms with E-state index in [4.69, 9.17) is 4.74 Å². The Labute approximate surface area is 190 Å². The number of urea groups is 1. The number of carbonyl (C=O) groups excluding carboxylic acids is 4. The molecule has 0 aromatic heterocycles. The third-order valence-corrected chi connectivity index (χ3v) is 6.71. The Balaban J connectivity index is 1.34. The topological polar surface area (TPSA) is 139 Å². The van der Waals surface area contributed by atoms with Crippen LogP contribution in [0.5, 0.6) is 0 Å². The monoisotopic (exact) mass is 458 g/mol. The normalized spacial score (nSPS) is 24.5. The van der Waals surface area contributed by atoms with E-state index in [0.717, 1.165) is 17.7 Å². The number of benzene rings is 1. The second-order valence-corrected chi connectivity index (χ2v) is 8.97. The van der Waals surface area contributed by atoms with Crippen LogP contribution in [-0.2, 0) is 25.5 Å². The number of nitro benzene ring substituents is 1. The number of amides is 4. The second kappa shape index (κ2) is 8.80. The van der Waals surface area contributed by atoms with E-state index in [-0.39, 0.29) is 5.69 Å². The fourth-order valence-electron chi connectivity index (χ4n) is 4.76. The van der Waals surface area contributed by atoms with E-state index in [1.165, 1.54) is 23.1 Å². The summed E-state index contributed by atoms with van der Waals surface area (Å²) in [5.41, 5.74) is 0.241. The van der Waals surface area contributed by atoms with Crippen LogP contribution in [0.3, 0.4) is 0 Å². The van der Waals surface area contributed by atoms with Crippen LogP contribution in [0.1, 0.15) is 44.6 Å². The van der Waals surface area contributed by atoms with E-state index in [1.807, 2.05) is 0 Å². The third kappa shape index (κ3) is 4.39. The molecule has 1 N–H and O–H groups in total. The Morgan fingerprint density at radius 3 is 2.70 bits per heavy atom. The minimum Gasteiger partial charge on any atom is -0.454 e. The van der Waals surface area contributed by atoms with Gasteiger partial charge in [0.2, 0.25) is 0 Å². The van der Waals surface area contributed by atoms with Crippen molar-refractivity contribution in [3.63, 3.8) is 0 Å². The van der Waals surface area contributed by atoms with Crippen molar-refractivity contribution in [1.82, 2.24) is 10.2 Å². The van der Waals surface area contributed by atoms with Crippen molar-refractivity contribution in [2.45, 2.75) is 51.0 Å². The van der Waals surface area contributed by atoms with Crippen molar-refractivity contribution in [3.8, 4) is 0 Å². The van der Waals surface area contributed by atoms with Crippen LogP contribution in [0, 0.1) is 16.0 Å². The molecule has 4 amide bonds. The summed E-state index contributed by atoms with van der Waals surface area (Å²) in [6, 6.07) is 3.67. The highest BCUT2D eigenvalue weighted by Crippen LogP contribution is 2.36. The highest BCUT2D eigenvalue weighted by molar-refractivity contribution is 6.08. The summed E-state index contributed by atoms with van der Waals surface area (Å²) in [6.07, 6.45) is 3.94. The Bertz CT molecular complexity index is 1020. The molecule has 1 saturated heterocycles. The number of aryl methyl sites for hydroxylation is 1. The SMILES string of the molecule is CC1CCC2(CC1)NC(=O)N(CC(=O)OCC(=O)N1CCCc3cc([N+](=O)[O-])ccc31)C2=O. The van der Waals surface area contributed by atoms with E-state index in [2.05, 4.69) is 12.2 Å². The summed E-state index contributed by atoms with van der Waals surface area (Å²) >= 11 is 0. The minimum atomic E-state index is -0.945. The second-order valence-electron chi connectivity index (χ2n) is 8.97. The lowest BCUT2D eigenvalue weighted by Crippen LogP contribution is -2.49. The van der Waals surface area contributed by atoms with Gasteiger partial charge in [0.25, 0.3) is 17.5 Å². The fourth-order valence-corrected chi connectivity index (χ4v) is 4.76. The number of nitrogens with zero attached hydrogens (tertiary/aromatic N) is 3. The first kappa shape index (κ1) is 22.7. The molecule has 0 atom stereocenters. The van der Waals surface area contributed by atoms with Crippen molar-refractivity contribution in [2.24, 2.45) is 5.92 Å². The lowest BCUT2D eigenvalue weighted by atomic mass is 9.77. The fraction of sp³-hybridized carbons (Fsp3) is 0.545. The summed E-state index contributed by atoms with van der Waals surface area (Å²) in [5, 5.41) is 13.7. The quantitative estimate of drug-likeness (QED) is 0.308. The van der Waals surface area contributed by atoms with Crippen LogP contribution < -0.4 is 10.2 Å². The van der Waals surface area contributed by atoms with Gasteiger partial charge in [-0.25, -0.2) is 4.79 Å². The summed E-state index contributed by atoms with van der Waals surface area (Å²) in [7, 11) is 0. The van der Waals surface area contributed by atoms with Gasteiger partial charge in [0.05, 0.1) is 4.92 Å². The summed E-state index contributed by atoms with van der Waals surface area (Å²) in [6.45, 7) is 1.39. The van der Waals surface area contributed by atoms with Gasteiger partial charge in [-0.1, -0.05) is 6.92 Å². The molecule has 1 aliphatic carbocycles. The average molecular weight is 458 g/mol. The smallest absolute Gasteiger partial charge is 0.326 e. The number of esters is 1. The van der Waals surface area contributed by atoms with Gasteiger partial charge in [0, 0.05) is 24.4 Å². The van der Waals surface area contributed by atoms with Crippen LogP contribution in [0.2, 0.25) is 0 Å². The van der Waals surface area contributed by atoms with Gasteiger partial charge in [0.15, 0.2) is 6.61 Å². The first-order chi connectivity index (χ1) is 15.7. The van der Waals surface area contributed by atoms with Crippen LogP contribution in [0.4, 0.5) is 16.2 Å². The molecule has 0 radical (unpaired) electrons. The minimum absolute atomic E-state index is 0.0479. The number of rotatable bonds is 5. The maximum atomic E-state index is 12.8. The van der Waals surface area contributed by atoms with Crippen molar-refractivity contribution in [3.05, 3.63) is 33.9 Å². The number of carbonyl (C=O) groups is 4. The molecule has 1 aromatic carbocycles. The van der Waals surface area contributed by atoms with Crippen LogP contribution >= 0.6 is 0 Å². The van der Waals surface area contributed by atoms with E-state index in [0.29, 0.717) is 49.4 Å². The maximum absolute atomic E-state index is 12.8. The average Bonchev–Trinajstić information content (AvgIpc) is 3.02.